The fraction of sp³-hybridized carbons (Fsp3) is 0.381. The summed E-state index contributed by atoms with van der Waals surface area (Å²) in [5.74, 6) is 1.21. The van der Waals surface area contributed by atoms with Crippen molar-refractivity contribution in [2.45, 2.75) is 51.9 Å². The van der Waals surface area contributed by atoms with Gasteiger partial charge in [0.2, 0.25) is 5.91 Å². The van der Waals surface area contributed by atoms with E-state index in [2.05, 4.69) is 46.2 Å². The molecule has 0 radical (unpaired) electrons. The summed E-state index contributed by atoms with van der Waals surface area (Å²) in [7, 11) is 0. The molecule has 0 aliphatic rings. The highest BCUT2D eigenvalue weighted by molar-refractivity contribution is 7.99. The van der Waals surface area contributed by atoms with E-state index in [1.807, 2.05) is 37.3 Å². The Balaban J connectivity index is 1.68. The molecule has 1 N–H and O–H groups in total. The number of hydrogen-bond donors (Lipinski definition) is 1. The Hall–Kier alpha value is -2.12. The summed E-state index contributed by atoms with van der Waals surface area (Å²) in [6.45, 7) is 9.16. The zero-order valence-electron chi connectivity index (χ0n) is 16.7. The minimum atomic E-state index is -0.0187. The van der Waals surface area contributed by atoms with Crippen molar-refractivity contribution >= 4 is 29.0 Å². The number of aromatic nitrogens is 3. The molecule has 5 nitrogen and oxygen atoms in total. The predicted molar refractivity (Wildman–Crippen MR) is 117 cm³/mol. The predicted octanol–water partition coefficient (Wildman–Crippen LogP) is 4.87. The van der Waals surface area contributed by atoms with Gasteiger partial charge in [0, 0.05) is 22.4 Å². The Morgan fingerprint density at radius 1 is 1.25 bits per heavy atom. The van der Waals surface area contributed by atoms with E-state index in [9.17, 15) is 4.79 Å². The Bertz CT molecular complexity index is 933. The van der Waals surface area contributed by atoms with Gasteiger partial charge < -0.3 is 9.88 Å². The van der Waals surface area contributed by atoms with Crippen molar-refractivity contribution in [2.24, 2.45) is 0 Å². The average molecular weight is 415 g/mol. The second-order valence-electron chi connectivity index (χ2n) is 6.58. The number of aryl methyl sites for hydroxylation is 1. The molecule has 1 unspecified atom stereocenters. The van der Waals surface area contributed by atoms with Crippen LogP contribution in [-0.4, -0.2) is 26.4 Å². The normalized spacial score (nSPS) is 12.1. The van der Waals surface area contributed by atoms with E-state index in [0.717, 1.165) is 35.1 Å². The third kappa shape index (κ3) is 4.47. The Morgan fingerprint density at radius 3 is 2.68 bits per heavy atom. The van der Waals surface area contributed by atoms with E-state index in [4.69, 9.17) is 0 Å². The molecular formula is C21H26N4OS2. The van der Waals surface area contributed by atoms with Gasteiger partial charge in [-0.2, -0.15) is 0 Å². The van der Waals surface area contributed by atoms with E-state index in [-0.39, 0.29) is 11.9 Å². The first-order valence-electron chi connectivity index (χ1n) is 9.52. The number of thiophene rings is 1. The lowest BCUT2D eigenvalue weighted by Crippen LogP contribution is -2.28. The van der Waals surface area contributed by atoms with Gasteiger partial charge in [-0.15, -0.1) is 21.5 Å². The summed E-state index contributed by atoms with van der Waals surface area (Å²) >= 11 is 3.18. The molecule has 1 amide bonds. The average Bonchev–Trinajstić information content (AvgIpc) is 3.29. The molecule has 2 heterocycles. The number of hydrogen-bond acceptors (Lipinski definition) is 5. The molecule has 0 aliphatic carbocycles. The molecule has 0 saturated carbocycles. The molecule has 0 bridgehead atoms. The molecule has 0 spiro atoms. The molecule has 28 heavy (non-hydrogen) atoms. The summed E-state index contributed by atoms with van der Waals surface area (Å²) in [6.07, 6.45) is 0.976. The van der Waals surface area contributed by atoms with Gasteiger partial charge >= 0.3 is 0 Å². The first kappa shape index (κ1) is 20.6. The minimum Gasteiger partial charge on any atom is -0.349 e. The fourth-order valence-corrected chi connectivity index (χ4v) is 4.98. The highest BCUT2D eigenvalue weighted by atomic mass is 32.2. The van der Waals surface area contributed by atoms with Crippen molar-refractivity contribution in [3.05, 3.63) is 51.7 Å². The fourth-order valence-electron chi connectivity index (χ4n) is 3.22. The second-order valence-corrected chi connectivity index (χ2v) is 8.60. The molecular weight excluding hydrogens is 388 g/mol. The van der Waals surface area contributed by atoms with Crippen LogP contribution >= 0.6 is 23.1 Å². The quantitative estimate of drug-likeness (QED) is 0.534. The number of nitrogens with one attached hydrogen (secondary N) is 1. The van der Waals surface area contributed by atoms with Crippen molar-refractivity contribution < 1.29 is 4.79 Å². The third-order valence-corrected chi connectivity index (χ3v) is 6.66. The maximum Gasteiger partial charge on any atom is 0.230 e. The van der Waals surface area contributed by atoms with E-state index >= 15 is 0 Å². The van der Waals surface area contributed by atoms with Crippen LogP contribution < -0.4 is 5.32 Å². The first-order valence-corrected chi connectivity index (χ1v) is 11.4. The van der Waals surface area contributed by atoms with E-state index in [0.29, 0.717) is 5.75 Å². The standard InChI is InChI=1S/C21H26N4OS2/c1-5-17-15(4)27-12-18(17)20-23-24-21(25(20)6-2)28-13-19(26)22-14(3)16-10-8-7-9-11-16/h7-12,14H,5-6,13H2,1-4H3,(H,22,26). The summed E-state index contributed by atoms with van der Waals surface area (Å²) < 4.78 is 2.10. The molecule has 0 saturated heterocycles. The molecule has 7 heteroatoms. The van der Waals surface area contributed by atoms with Crippen LogP contribution in [0.2, 0.25) is 0 Å². The molecule has 1 aromatic carbocycles. The van der Waals surface area contributed by atoms with Gasteiger partial charge in [-0.25, -0.2) is 0 Å². The van der Waals surface area contributed by atoms with Crippen molar-refractivity contribution in [1.82, 2.24) is 20.1 Å². The van der Waals surface area contributed by atoms with Crippen molar-refractivity contribution in [2.75, 3.05) is 5.75 Å². The number of benzene rings is 1. The van der Waals surface area contributed by atoms with Gasteiger partial charge in [0.1, 0.15) is 0 Å². The Labute approximate surface area is 174 Å². The van der Waals surface area contributed by atoms with Crippen molar-refractivity contribution in [3.8, 4) is 11.4 Å². The van der Waals surface area contributed by atoms with Crippen molar-refractivity contribution in [1.29, 1.82) is 0 Å². The molecule has 0 aliphatic heterocycles. The van der Waals surface area contributed by atoms with Crippen LogP contribution in [-0.2, 0) is 17.8 Å². The number of carbonyl (C=O) groups is 1. The number of thioether (sulfide) groups is 1. The van der Waals surface area contributed by atoms with Gasteiger partial charge in [-0.05, 0) is 38.3 Å². The maximum absolute atomic E-state index is 12.4. The van der Waals surface area contributed by atoms with E-state index in [1.54, 1.807) is 11.3 Å². The summed E-state index contributed by atoms with van der Waals surface area (Å²) in [5.41, 5.74) is 3.59. The van der Waals surface area contributed by atoms with Gasteiger partial charge in [0.05, 0.1) is 11.8 Å². The van der Waals surface area contributed by atoms with Crippen LogP contribution in [0.3, 0.4) is 0 Å². The number of nitrogens with zero attached hydrogens (tertiary/aromatic N) is 3. The Kier molecular flexibility index (Phi) is 6.91. The summed E-state index contributed by atoms with van der Waals surface area (Å²) in [6, 6.07) is 9.96. The van der Waals surface area contributed by atoms with Crippen LogP contribution in [0.25, 0.3) is 11.4 Å². The number of rotatable bonds is 8. The zero-order chi connectivity index (χ0) is 20.1. The first-order chi connectivity index (χ1) is 13.5. The summed E-state index contributed by atoms with van der Waals surface area (Å²) in [4.78, 5) is 13.7. The number of carbonyl (C=O) groups excluding carboxylic acids is 1. The Morgan fingerprint density at radius 2 is 2.00 bits per heavy atom. The molecule has 0 fully saturated rings. The minimum absolute atomic E-state index is 0.00539. The van der Waals surface area contributed by atoms with Crippen molar-refractivity contribution in [3.63, 3.8) is 0 Å². The number of amides is 1. The topological polar surface area (TPSA) is 59.8 Å². The van der Waals surface area contributed by atoms with Gasteiger partial charge in [0.25, 0.3) is 0 Å². The highest BCUT2D eigenvalue weighted by Crippen LogP contribution is 2.32. The molecule has 148 valence electrons. The van der Waals surface area contributed by atoms with Crippen LogP contribution in [0.15, 0.2) is 40.9 Å². The molecule has 3 rings (SSSR count). The molecule has 2 aromatic heterocycles. The monoisotopic (exact) mass is 414 g/mol. The zero-order valence-corrected chi connectivity index (χ0v) is 18.4. The van der Waals surface area contributed by atoms with E-state index in [1.165, 1.54) is 22.2 Å². The smallest absolute Gasteiger partial charge is 0.230 e. The summed E-state index contributed by atoms with van der Waals surface area (Å²) in [5, 5.41) is 14.8. The highest BCUT2D eigenvalue weighted by Gasteiger charge is 2.19. The van der Waals surface area contributed by atoms with Gasteiger partial charge in [-0.1, -0.05) is 49.0 Å². The lowest BCUT2D eigenvalue weighted by Gasteiger charge is -2.14. The van der Waals surface area contributed by atoms with Gasteiger partial charge in [-0.3, -0.25) is 4.79 Å². The van der Waals surface area contributed by atoms with Gasteiger partial charge in [0.15, 0.2) is 11.0 Å². The lowest BCUT2D eigenvalue weighted by atomic mass is 10.1. The second kappa shape index (κ2) is 9.39. The van der Waals surface area contributed by atoms with Crippen LogP contribution in [0.5, 0.6) is 0 Å². The van der Waals surface area contributed by atoms with E-state index < -0.39 is 0 Å². The SMILES string of the molecule is CCc1c(-c2nnc(SCC(=O)NC(C)c3ccccc3)n2CC)csc1C. The third-order valence-electron chi connectivity index (χ3n) is 4.74. The van der Waals surface area contributed by atoms with Crippen LogP contribution in [0.1, 0.15) is 42.8 Å². The lowest BCUT2D eigenvalue weighted by molar-refractivity contribution is -0.119. The maximum atomic E-state index is 12.4. The van der Waals surface area contributed by atoms with Crippen LogP contribution in [0, 0.1) is 6.92 Å². The molecule has 1 atom stereocenters. The largest absolute Gasteiger partial charge is 0.349 e. The van der Waals surface area contributed by atoms with Crippen LogP contribution in [0.4, 0.5) is 0 Å². The molecule has 3 aromatic rings.